The number of hydrogen-bond donors (Lipinski definition) is 2. The smallest absolute Gasteiger partial charge is 0.337 e. The highest BCUT2D eigenvalue weighted by Gasteiger charge is 2.25. The maximum atomic E-state index is 13.8. The van der Waals surface area contributed by atoms with Crippen molar-refractivity contribution in [3.63, 3.8) is 0 Å². The van der Waals surface area contributed by atoms with Crippen molar-refractivity contribution < 1.29 is 23.8 Å². The van der Waals surface area contributed by atoms with Gasteiger partial charge >= 0.3 is 11.7 Å². The molecule has 0 atom stereocenters. The van der Waals surface area contributed by atoms with Gasteiger partial charge in [0.2, 0.25) is 5.82 Å². The highest BCUT2D eigenvalue weighted by Crippen LogP contribution is 2.34. The highest BCUT2D eigenvalue weighted by molar-refractivity contribution is 5.92. The highest BCUT2D eigenvalue weighted by atomic mass is 19.1. The number of nitrogens with zero attached hydrogens (tertiary/aromatic N) is 2. The summed E-state index contributed by atoms with van der Waals surface area (Å²) in [4.78, 5) is 31.4. The molecule has 0 aliphatic heterocycles. The second-order valence-corrected chi connectivity index (χ2v) is 4.80. The van der Waals surface area contributed by atoms with Gasteiger partial charge < -0.3 is 15.8 Å². The monoisotopic (exact) mass is 350 g/mol. The van der Waals surface area contributed by atoms with Crippen LogP contribution in [0.15, 0.2) is 30.3 Å². The first kappa shape index (κ1) is 17.6. The summed E-state index contributed by atoms with van der Waals surface area (Å²) >= 11 is 0. The minimum Gasteiger partial charge on any atom is -0.465 e. The van der Waals surface area contributed by atoms with Crippen LogP contribution >= 0.6 is 0 Å². The first-order chi connectivity index (χ1) is 11.7. The summed E-state index contributed by atoms with van der Waals surface area (Å²) < 4.78 is 18.3. The lowest BCUT2D eigenvalue weighted by Gasteiger charge is -2.10. The normalized spacial score (nSPS) is 10.2. The number of hydrogen-bond acceptors (Lipinski definition) is 8. The van der Waals surface area contributed by atoms with Gasteiger partial charge in [-0.3, -0.25) is 20.2 Å². The van der Waals surface area contributed by atoms with E-state index in [0.717, 1.165) is 7.11 Å². The number of nitrogens with one attached hydrogen (secondary N) is 1. The van der Waals surface area contributed by atoms with E-state index in [2.05, 4.69) is 10.1 Å². The maximum Gasteiger partial charge on any atom is 0.337 e. The number of nitro benzene ring substituents is 2. The van der Waals surface area contributed by atoms with Crippen LogP contribution in [0.3, 0.4) is 0 Å². The van der Waals surface area contributed by atoms with Crippen molar-refractivity contribution in [2.45, 2.75) is 0 Å². The largest absolute Gasteiger partial charge is 0.465 e. The van der Waals surface area contributed by atoms with Crippen molar-refractivity contribution in [2.24, 2.45) is 0 Å². The van der Waals surface area contributed by atoms with Gasteiger partial charge in [0.15, 0.2) is 0 Å². The molecule has 0 aliphatic carbocycles. The molecule has 0 spiro atoms. The molecular weight excluding hydrogens is 339 g/mol. The summed E-state index contributed by atoms with van der Waals surface area (Å²) in [6.07, 6.45) is 0. The number of esters is 1. The topological polar surface area (TPSA) is 151 Å². The number of anilines is 3. The van der Waals surface area contributed by atoms with E-state index in [4.69, 9.17) is 5.73 Å². The lowest BCUT2D eigenvalue weighted by molar-refractivity contribution is -0.395. The van der Waals surface area contributed by atoms with E-state index >= 15 is 0 Å². The molecule has 11 heteroatoms. The lowest BCUT2D eigenvalue weighted by Crippen LogP contribution is -2.05. The molecule has 0 unspecified atom stereocenters. The van der Waals surface area contributed by atoms with Gasteiger partial charge in [-0.25, -0.2) is 4.79 Å². The number of halogens is 1. The van der Waals surface area contributed by atoms with Gasteiger partial charge in [0, 0.05) is 17.4 Å². The minimum atomic E-state index is -1.25. The van der Waals surface area contributed by atoms with Crippen LogP contribution in [0.5, 0.6) is 0 Å². The van der Waals surface area contributed by atoms with Crippen LogP contribution in [0.1, 0.15) is 10.4 Å². The van der Waals surface area contributed by atoms with Gasteiger partial charge in [-0.1, -0.05) is 0 Å². The lowest BCUT2D eigenvalue weighted by atomic mass is 10.1. The number of rotatable bonds is 5. The SMILES string of the molecule is COC(=O)c1cc(N)cc(Nc2cc(F)c([N+](=O)[O-])cc2[N+](=O)[O-])c1. The zero-order chi connectivity index (χ0) is 18.7. The Labute approximate surface area is 139 Å². The van der Waals surface area contributed by atoms with Crippen LogP contribution in [0.4, 0.5) is 32.8 Å². The summed E-state index contributed by atoms with van der Waals surface area (Å²) in [6, 6.07) is 5.07. The first-order valence-corrected chi connectivity index (χ1v) is 6.61. The van der Waals surface area contributed by atoms with E-state index in [0.29, 0.717) is 12.1 Å². The van der Waals surface area contributed by atoms with Crippen molar-refractivity contribution >= 4 is 34.4 Å². The van der Waals surface area contributed by atoms with Crippen LogP contribution in [0.2, 0.25) is 0 Å². The first-order valence-electron chi connectivity index (χ1n) is 6.61. The fraction of sp³-hybridized carbons (Fsp3) is 0.0714. The van der Waals surface area contributed by atoms with Crippen molar-refractivity contribution in [1.82, 2.24) is 0 Å². The second-order valence-electron chi connectivity index (χ2n) is 4.80. The molecule has 25 heavy (non-hydrogen) atoms. The molecule has 0 amide bonds. The third-order valence-corrected chi connectivity index (χ3v) is 3.11. The molecular formula is C14H11FN4O6. The molecule has 0 fully saturated rings. The Morgan fingerprint density at radius 3 is 2.32 bits per heavy atom. The van der Waals surface area contributed by atoms with E-state index in [1.165, 1.54) is 18.2 Å². The van der Waals surface area contributed by atoms with Crippen LogP contribution in [-0.4, -0.2) is 22.9 Å². The minimum absolute atomic E-state index is 0.0648. The van der Waals surface area contributed by atoms with Gasteiger partial charge in [0.1, 0.15) is 5.69 Å². The Balaban J connectivity index is 2.51. The van der Waals surface area contributed by atoms with Gasteiger partial charge in [0.25, 0.3) is 5.69 Å². The molecule has 0 saturated heterocycles. The fourth-order valence-corrected chi connectivity index (χ4v) is 2.06. The molecule has 10 nitrogen and oxygen atoms in total. The Bertz CT molecular complexity index is 886. The summed E-state index contributed by atoms with van der Waals surface area (Å²) in [5, 5.41) is 24.4. The predicted molar refractivity (Wildman–Crippen MR) is 85.2 cm³/mol. The molecule has 3 N–H and O–H groups in total. The van der Waals surface area contributed by atoms with Crippen molar-refractivity contribution in [3.05, 3.63) is 61.9 Å². The zero-order valence-corrected chi connectivity index (χ0v) is 12.7. The Morgan fingerprint density at radius 2 is 1.76 bits per heavy atom. The Hall–Kier alpha value is -3.76. The third-order valence-electron chi connectivity index (χ3n) is 3.11. The second kappa shape index (κ2) is 6.78. The molecule has 130 valence electrons. The molecule has 2 aromatic carbocycles. The number of ether oxygens (including phenoxy) is 1. The molecule has 2 rings (SSSR count). The van der Waals surface area contributed by atoms with Crippen LogP contribution < -0.4 is 11.1 Å². The molecule has 0 saturated carbocycles. The van der Waals surface area contributed by atoms with Gasteiger partial charge in [-0.15, -0.1) is 0 Å². The van der Waals surface area contributed by atoms with E-state index in [1.807, 2.05) is 0 Å². The van der Waals surface area contributed by atoms with E-state index in [9.17, 15) is 29.4 Å². The fourth-order valence-electron chi connectivity index (χ4n) is 2.06. The molecule has 0 radical (unpaired) electrons. The number of nitrogens with two attached hydrogens (primary N) is 1. The van der Waals surface area contributed by atoms with Crippen molar-refractivity contribution in [3.8, 4) is 0 Å². The van der Waals surface area contributed by atoms with Crippen molar-refractivity contribution in [2.75, 3.05) is 18.2 Å². The predicted octanol–water partition coefficient (Wildman–Crippen LogP) is 2.75. The average molecular weight is 350 g/mol. The number of methoxy groups -OCH3 is 1. The Morgan fingerprint density at radius 1 is 1.12 bits per heavy atom. The van der Waals surface area contributed by atoms with E-state index < -0.39 is 33.0 Å². The standard InChI is InChI=1S/C14H11FN4O6/c1-25-14(20)7-2-8(16)4-9(3-7)17-11-5-10(15)12(18(21)22)6-13(11)19(23)24/h2-6,17H,16H2,1H3. The maximum absolute atomic E-state index is 13.8. The molecule has 2 aromatic rings. The zero-order valence-electron chi connectivity index (χ0n) is 12.7. The third kappa shape index (κ3) is 3.77. The van der Waals surface area contributed by atoms with Crippen LogP contribution in [-0.2, 0) is 4.74 Å². The van der Waals surface area contributed by atoms with Crippen molar-refractivity contribution in [1.29, 1.82) is 0 Å². The molecule has 0 bridgehead atoms. The quantitative estimate of drug-likeness (QED) is 0.361. The molecule has 0 aliphatic rings. The molecule has 0 heterocycles. The summed E-state index contributed by atoms with van der Waals surface area (Å²) in [5.74, 6) is -1.95. The number of nitrogen functional groups attached to an aromatic ring is 1. The van der Waals surface area contributed by atoms with Gasteiger partial charge in [-0.05, 0) is 18.2 Å². The summed E-state index contributed by atoms with van der Waals surface area (Å²) in [5.41, 5.74) is 3.92. The van der Waals surface area contributed by atoms with E-state index in [1.54, 1.807) is 0 Å². The number of benzene rings is 2. The summed E-state index contributed by atoms with van der Waals surface area (Å²) in [7, 11) is 1.16. The summed E-state index contributed by atoms with van der Waals surface area (Å²) in [6.45, 7) is 0. The van der Waals surface area contributed by atoms with Crippen LogP contribution in [0, 0.1) is 26.0 Å². The Kier molecular flexibility index (Phi) is 4.77. The number of carbonyl (C=O) groups excluding carboxylic acids is 1. The van der Waals surface area contributed by atoms with Gasteiger partial charge in [-0.2, -0.15) is 4.39 Å². The number of nitro groups is 2. The van der Waals surface area contributed by atoms with E-state index in [-0.39, 0.29) is 22.6 Å². The molecule has 0 aromatic heterocycles. The number of carbonyl (C=O) groups is 1. The van der Waals surface area contributed by atoms with Crippen LogP contribution in [0.25, 0.3) is 0 Å². The average Bonchev–Trinajstić information content (AvgIpc) is 2.52. The van der Waals surface area contributed by atoms with Gasteiger partial charge in [0.05, 0.1) is 28.6 Å².